The number of rotatable bonds is 9. The van der Waals surface area contributed by atoms with Crippen molar-refractivity contribution in [2.24, 2.45) is 4.99 Å². The monoisotopic (exact) mass is 563 g/mol. The van der Waals surface area contributed by atoms with Crippen LogP contribution in [0.3, 0.4) is 0 Å². The fraction of sp³-hybridized carbons (Fsp3) is 0.276. The molecular formula is C29H29N3O7S. The number of amides is 1. The topological polar surface area (TPSA) is 114 Å². The highest BCUT2D eigenvalue weighted by molar-refractivity contribution is 8.18. The van der Waals surface area contributed by atoms with E-state index in [1.54, 1.807) is 36.2 Å². The van der Waals surface area contributed by atoms with E-state index in [9.17, 15) is 9.59 Å². The van der Waals surface area contributed by atoms with Crippen molar-refractivity contribution in [3.63, 3.8) is 0 Å². The van der Waals surface area contributed by atoms with E-state index in [-0.39, 0.29) is 18.3 Å². The summed E-state index contributed by atoms with van der Waals surface area (Å²) in [6.07, 6.45) is 1.80. The zero-order valence-corrected chi connectivity index (χ0v) is 23.0. The maximum Gasteiger partial charge on any atom is 0.371 e. The van der Waals surface area contributed by atoms with Gasteiger partial charge < -0.3 is 28.6 Å². The molecule has 1 N–H and O–H groups in total. The minimum Gasteiger partial charge on any atom is -0.490 e. The summed E-state index contributed by atoms with van der Waals surface area (Å²) in [5.41, 5.74) is 2.66. The number of carboxylic acid groups (broad SMARTS) is 1. The van der Waals surface area contributed by atoms with Crippen molar-refractivity contribution in [3.05, 3.63) is 76.6 Å². The summed E-state index contributed by atoms with van der Waals surface area (Å²) >= 11 is 1.31. The number of likely N-dealkylation sites (N-methyl/N-ethyl adjacent to an activating group) is 1. The third-order valence-corrected chi connectivity index (χ3v) is 7.32. The lowest BCUT2D eigenvalue weighted by molar-refractivity contribution is -0.121. The number of thioether (sulfide) groups is 1. The molecule has 11 heteroatoms. The average molecular weight is 564 g/mol. The first-order chi connectivity index (χ1) is 19.4. The van der Waals surface area contributed by atoms with Crippen LogP contribution >= 0.6 is 11.8 Å². The van der Waals surface area contributed by atoms with Crippen LogP contribution < -0.4 is 14.4 Å². The van der Waals surface area contributed by atoms with E-state index in [0.29, 0.717) is 33.9 Å². The molecular weight excluding hydrogens is 534 g/mol. The predicted octanol–water partition coefficient (Wildman–Crippen LogP) is 5.03. The van der Waals surface area contributed by atoms with Crippen LogP contribution in [-0.2, 0) is 16.1 Å². The van der Waals surface area contributed by atoms with Crippen molar-refractivity contribution in [1.29, 1.82) is 0 Å². The van der Waals surface area contributed by atoms with E-state index < -0.39 is 5.97 Å². The van der Waals surface area contributed by atoms with Gasteiger partial charge in [0.2, 0.25) is 5.76 Å². The van der Waals surface area contributed by atoms with Crippen LogP contribution in [0, 0.1) is 0 Å². The van der Waals surface area contributed by atoms with Crippen molar-refractivity contribution >= 4 is 46.3 Å². The molecule has 0 radical (unpaired) electrons. The normalized spacial score (nSPS) is 17.6. The van der Waals surface area contributed by atoms with Crippen LogP contribution in [0.4, 0.5) is 11.4 Å². The molecule has 208 valence electrons. The van der Waals surface area contributed by atoms with E-state index >= 15 is 0 Å². The number of carbonyl (C=O) groups is 2. The highest BCUT2D eigenvalue weighted by Gasteiger charge is 2.30. The highest BCUT2D eigenvalue weighted by Crippen LogP contribution is 2.36. The van der Waals surface area contributed by atoms with Gasteiger partial charge in [-0.1, -0.05) is 6.07 Å². The largest absolute Gasteiger partial charge is 0.490 e. The van der Waals surface area contributed by atoms with Crippen molar-refractivity contribution < 1.29 is 33.3 Å². The number of hydrogen-bond acceptors (Lipinski definition) is 9. The number of furan rings is 1. The number of aromatic carboxylic acids is 1. The Hall–Kier alpha value is -4.22. The molecule has 2 aliphatic heterocycles. The van der Waals surface area contributed by atoms with Crippen molar-refractivity contribution in [2.75, 3.05) is 44.9 Å². The Balaban J connectivity index is 1.29. The Bertz CT molecular complexity index is 1440. The second-order valence-electron chi connectivity index (χ2n) is 8.98. The molecule has 3 heterocycles. The number of morpholine rings is 1. The first-order valence-corrected chi connectivity index (χ1v) is 13.6. The fourth-order valence-corrected chi connectivity index (χ4v) is 5.18. The van der Waals surface area contributed by atoms with E-state index in [0.717, 1.165) is 43.2 Å². The quantitative estimate of drug-likeness (QED) is 0.358. The van der Waals surface area contributed by atoms with Gasteiger partial charge >= 0.3 is 5.97 Å². The number of ether oxygens (including phenoxy) is 3. The van der Waals surface area contributed by atoms with Gasteiger partial charge in [-0.25, -0.2) is 9.79 Å². The van der Waals surface area contributed by atoms with Crippen molar-refractivity contribution in [3.8, 4) is 11.5 Å². The summed E-state index contributed by atoms with van der Waals surface area (Å²) in [4.78, 5) is 33.1. The second-order valence-corrected chi connectivity index (χ2v) is 9.99. The lowest BCUT2D eigenvalue weighted by Crippen LogP contribution is -2.36. The molecule has 10 nitrogen and oxygen atoms in total. The smallest absolute Gasteiger partial charge is 0.371 e. The summed E-state index contributed by atoms with van der Waals surface area (Å²) in [5.74, 6) is -0.0770. The van der Waals surface area contributed by atoms with Gasteiger partial charge in [0.15, 0.2) is 16.7 Å². The van der Waals surface area contributed by atoms with Gasteiger partial charge in [0.05, 0.1) is 30.4 Å². The Morgan fingerprint density at radius 3 is 2.55 bits per heavy atom. The van der Waals surface area contributed by atoms with Crippen LogP contribution in [0.5, 0.6) is 11.5 Å². The molecule has 2 aliphatic rings. The first kappa shape index (κ1) is 27.4. The van der Waals surface area contributed by atoms with E-state index in [2.05, 4.69) is 4.90 Å². The summed E-state index contributed by atoms with van der Waals surface area (Å²) in [7, 11) is 1.71. The van der Waals surface area contributed by atoms with Gasteiger partial charge in [0.25, 0.3) is 5.91 Å². The third-order valence-electron chi connectivity index (χ3n) is 6.26. The first-order valence-electron chi connectivity index (χ1n) is 12.8. The van der Waals surface area contributed by atoms with Crippen LogP contribution in [-0.4, -0.2) is 67.0 Å². The van der Waals surface area contributed by atoms with Crippen molar-refractivity contribution in [2.45, 2.75) is 13.5 Å². The molecule has 0 aliphatic carbocycles. The minimum absolute atomic E-state index is 0.0418. The summed E-state index contributed by atoms with van der Waals surface area (Å²) < 4.78 is 22.3. The molecule has 0 unspecified atom stereocenters. The molecule has 1 aromatic heterocycles. The van der Waals surface area contributed by atoms with E-state index in [4.69, 9.17) is 28.7 Å². The van der Waals surface area contributed by atoms with Crippen LogP contribution in [0.15, 0.2) is 68.9 Å². The highest BCUT2D eigenvalue weighted by atomic mass is 32.2. The SMILES string of the molecule is CCOc1cc(C=C2SC(=Nc3ccc(N4CCOCC4)cc3)N(C)C2=O)ccc1OCc1ccc(C(=O)O)o1. The molecule has 0 spiro atoms. The Morgan fingerprint density at radius 2 is 1.85 bits per heavy atom. The Labute approximate surface area is 235 Å². The summed E-state index contributed by atoms with van der Waals surface area (Å²) in [5, 5.41) is 9.62. The number of carboxylic acids is 1. The van der Waals surface area contributed by atoms with E-state index in [1.165, 1.54) is 17.8 Å². The maximum absolute atomic E-state index is 13.0. The number of nitrogens with zero attached hydrogens (tertiary/aromatic N) is 3. The van der Waals surface area contributed by atoms with Gasteiger partial charge in [-0.15, -0.1) is 0 Å². The molecule has 3 aromatic rings. The average Bonchev–Trinajstić information content (AvgIpc) is 3.55. The Morgan fingerprint density at radius 1 is 1.07 bits per heavy atom. The van der Waals surface area contributed by atoms with Crippen LogP contribution in [0.25, 0.3) is 6.08 Å². The van der Waals surface area contributed by atoms with Crippen molar-refractivity contribution in [1.82, 2.24) is 4.90 Å². The molecule has 2 saturated heterocycles. The summed E-state index contributed by atoms with van der Waals surface area (Å²) in [6, 6.07) is 16.3. The van der Waals surface area contributed by atoms with Gasteiger partial charge in [0, 0.05) is 25.8 Å². The molecule has 1 amide bonds. The number of carbonyl (C=O) groups excluding carboxylic acids is 1. The lowest BCUT2D eigenvalue weighted by atomic mass is 10.2. The number of anilines is 1. The molecule has 0 bridgehead atoms. The number of aliphatic imine (C=N–C) groups is 1. The molecule has 40 heavy (non-hydrogen) atoms. The van der Waals surface area contributed by atoms with Crippen LogP contribution in [0.2, 0.25) is 0 Å². The minimum atomic E-state index is -1.14. The maximum atomic E-state index is 13.0. The summed E-state index contributed by atoms with van der Waals surface area (Å²) in [6.45, 7) is 5.51. The molecule has 5 rings (SSSR count). The number of benzene rings is 2. The molecule has 2 fully saturated rings. The second kappa shape index (κ2) is 12.3. The Kier molecular flexibility index (Phi) is 8.42. The van der Waals surface area contributed by atoms with Gasteiger partial charge in [0.1, 0.15) is 12.4 Å². The van der Waals surface area contributed by atoms with E-state index in [1.807, 2.05) is 37.3 Å². The van der Waals surface area contributed by atoms with Gasteiger partial charge in [-0.2, -0.15) is 0 Å². The predicted molar refractivity (Wildman–Crippen MR) is 153 cm³/mol. The molecule has 2 aromatic carbocycles. The zero-order valence-electron chi connectivity index (χ0n) is 22.2. The van der Waals surface area contributed by atoms with Crippen LogP contribution in [0.1, 0.15) is 28.8 Å². The standard InChI is InChI=1S/C29H29N3O7S/c1-3-37-25-16-19(4-10-23(25)38-18-22-9-11-24(39-22)28(34)35)17-26-27(33)31(2)29(40-26)30-20-5-7-21(8-6-20)32-12-14-36-15-13-32/h4-11,16-17H,3,12-15,18H2,1-2H3,(H,34,35). The number of amidine groups is 1. The molecule has 0 atom stereocenters. The molecule has 0 saturated carbocycles. The van der Waals surface area contributed by atoms with Gasteiger partial charge in [-0.3, -0.25) is 9.69 Å². The number of hydrogen-bond donors (Lipinski definition) is 1. The van der Waals surface area contributed by atoms with Gasteiger partial charge in [-0.05, 0) is 78.9 Å². The fourth-order valence-electron chi connectivity index (χ4n) is 4.19. The lowest BCUT2D eigenvalue weighted by Gasteiger charge is -2.28. The zero-order chi connectivity index (χ0) is 28.1. The third kappa shape index (κ3) is 6.32.